The minimum absolute atomic E-state index is 0.0732. The molecule has 39 heavy (non-hydrogen) atoms. The van der Waals surface area contributed by atoms with Crippen LogP contribution in [0.25, 0.3) is 11.1 Å². The molecule has 2 aromatic heterocycles. The fourth-order valence-corrected chi connectivity index (χ4v) is 4.61. The van der Waals surface area contributed by atoms with Crippen LogP contribution in [0.15, 0.2) is 57.5 Å². The Morgan fingerprint density at radius 1 is 1.15 bits per heavy atom. The molecule has 0 amide bonds. The summed E-state index contributed by atoms with van der Waals surface area (Å²) < 4.78 is 16.4. The lowest BCUT2D eigenvalue weighted by atomic mass is 10.1. The van der Waals surface area contributed by atoms with Gasteiger partial charge in [-0.2, -0.15) is 10.0 Å². The van der Waals surface area contributed by atoms with Crippen LogP contribution in [0.4, 0.5) is 11.7 Å². The third-order valence-electron chi connectivity index (χ3n) is 6.74. The zero-order chi connectivity index (χ0) is 27.2. The first-order chi connectivity index (χ1) is 19.0. The molecular formula is C29H32N4O6. The average molecular weight is 533 g/mol. The molecule has 0 unspecified atom stereocenters. The van der Waals surface area contributed by atoms with E-state index in [1.807, 2.05) is 54.5 Å². The normalized spacial score (nSPS) is 15.6. The molecule has 1 saturated heterocycles. The van der Waals surface area contributed by atoms with Gasteiger partial charge in [0.2, 0.25) is 5.89 Å². The number of hydrogen-bond acceptors (Lipinski definition) is 10. The van der Waals surface area contributed by atoms with E-state index in [4.69, 9.17) is 13.7 Å². The Morgan fingerprint density at radius 3 is 2.87 bits per heavy atom. The molecule has 1 aliphatic rings. The summed E-state index contributed by atoms with van der Waals surface area (Å²) in [6.45, 7) is 3.03. The fraction of sp³-hybridized carbons (Fsp3) is 0.379. The molecule has 10 heteroatoms. The molecular weight excluding hydrogens is 500 g/mol. The van der Waals surface area contributed by atoms with E-state index >= 15 is 0 Å². The van der Waals surface area contributed by atoms with Gasteiger partial charge in [-0.15, -0.1) is 0 Å². The quantitative estimate of drug-likeness (QED) is 0.242. The van der Waals surface area contributed by atoms with E-state index in [1.165, 1.54) is 7.11 Å². The highest BCUT2D eigenvalue weighted by molar-refractivity contribution is 5.83. The second-order valence-corrected chi connectivity index (χ2v) is 9.60. The van der Waals surface area contributed by atoms with Gasteiger partial charge in [0.1, 0.15) is 23.1 Å². The number of aryl methyl sites for hydroxylation is 2. The van der Waals surface area contributed by atoms with Crippen LogP contribution in [0.5, 0.6) is 0 Å². The Kier molecular flexibility index (Phi) is 8.33. The van der Waals surface area contributed by atoms with Gasteiger partial charge in [-0.25, -0.2) is 4.98 Å². The van der Waals surface area contributed by atoms with Crippen LogP contribution in [-0.2, 0) is 32.0 Å². The number of methoxy groups -OCH3 is 1. The number of nitrogens with zero attached hydrogens (tertiary/aromatic N) is 3. The van der Waals surface area contributed by atoms with Crippen LogP contribution in [0.2, 0.25) is 0 Å². The number of oxazole rings is 2. The highest BCUT2D eigenvalue weighted by Gasteiger charge is 2.31. The van der Waals surface area contributed by atoms with E-state index in [9.17, 15) is 9.59 Å². The summed E-state index contributed by atoms with van der Waals surface area (Å²) in [5.74, 6) is 0.989. The average Bonchev–Trinajstić information content (AvgIpc) is 3.68. The number of fused-ring (bicyclic) bond motifs is 1. The van der Waals surface area contributed by atoms with E-state index in [0.717, 1.165) is 41.7 Å². The lowest BCUT2D eigenvalue weighted by Gasteiger charge is -2.21. The summed E-state index contributed by atoms with van der Waals surface area (Å²) in [6.07, 6.45) is 4.69. The van der Waals surface area contributed by atoms with Crippen molar-refractivity contribution in [1.82, 2.24) is 15.0 Å². The topological polar surface area (TPSA) is 120 Å². The molecule has 1 fully saturated rings. The summed E-state index contributed by atoms with van der Waals surface area (Å²) >= 11 is 0. The summed E-state index contributed by atoms with van der Waals surface area (Å²) in [7, 11) is 1.36. The number of ketones is 1. The number of aromatic nitrogens is 2. The molecule has 3 heterocycles. The van der Waals surface area contributed by atoms with Gasteiger partial charge in [0.15, 0.2) is 5.58 Å². The molecule has 10 nitrogen and oxygen atoms in total. The predicted octanol–water partition coefficient (Wildman–Crippen LogP) is 5.24. The van der Waals surface area contributed by atoms with Crippen molar-refractivity contribution in [2.24, 2.45) is 0 Å². The third-order valence-corrected chi connectivity index (χ3v) is 6.74. The van der Waals surface area contributed by atoms with E-state index < -0.39 is 0 Å². The Bertz CT molecular complexity index is 1440. The van der Waals surface area contributed by atoms with Crippen molar-refractivity contribution in [3.63, 3.8) is 0 Å². The van der Waals surface area contributed by atoms with Crippen LogP contribution in [0, 0.1) is 6.92 Å². The minimum atomic E-state index is -0.288. The van der Waals surface area contributed by atoms with Crippen molar-refractivity contribution in [1.29, 1.82) is 0 Å². The van der Waals surface area contributed by atoms with E-state index in [1.54, 1.807) is 6.20 Å². The van der Waals surface area contributed by atoms with Crippen molar-refractivity contribution >= 4 is 34.6 Å². The maximum absolute atomic E-state index is 12.7. The van der Waals surface area contributed by atoms with E-state index in [0.29, 0.717) is 29.7 Å². The summed E-state index contributed by atoms with van der Waals surface area (Å²) in [5, 5.41) is 5.05. The molecule has 0 saturated carbocycles. The number of carbonyl (C=O) groups is 2. The van der Waals surface area contributed by atoms with Crippen molar-refractivity contribution in [2.75, 3.05) is 25.6 Å². The van der Waals surface area contributed by atoms with Crippen LogP contribution in [0.1, 0.15) is 54.5 Å². The monoisotopic (exact) mass is 532 g/mol. The second kappa shape index (κ2) is 12.2. The number of anilines is 2. The Labute approximate surface area is 226 Å². The van der Waals surface area contributed by atoms with Gasteiger partial charge < -0.3 is 18.9 Å². The number of hydroxylamine groups is 2. The number of esters is 1. The number of ether oxygens (including phenoxy) is 1. The summed E-state index contributed by atoms with van der Waals surface area (Å²) in [6, 6.07) is 13.9. The van der Waals surface area contributed by atoms with E-state index in [-0.39, 0.29) is 43.7 Å². The first-order valence-electron chi connectivity index (χ1n) is 13.1. The lowest BCUT2D eigenvalue weighted by Crippen LogP contribution is -2.25. The molecule has 1 aliphatic heterocycles. The van der Waals surface area contributed by atoms with Crippen LogP contribution >= 0.6 is 0 Å². The third kappa shape index (κ3) is 6.71. The Hall–Kier alpha value is -4.02. The molecule has 5 rings (SSSR count). The maximum Gasteiger partial charge on any atom is 0.305 e. The second-order valence-electron chi connectivity index (χ2n) is 9.60. The minimum Gasteiger partial charge on any atom is -0.469 e. The van der Waals surface area contributed by atoms with E-state index in [2.05, 4.69) is 20.0 Å². The van der Waals surface area contributed by atoms with Gasteiger partial charge >= 0.3 is 5.97 Å². The molecule has 2 aromatic carbocycles. The van der Waals surface area contributed by atoms with Crippen LogP contribution in [-0.4, -0.2) is 47.0 Å². The molecule has 204 valence electrons. The largest absolute Gasteiger partial charge is 0.469 e. The first kappa shape index (κ1) is 26.6. The van der Waals surface area contributed by atoms with Crippen molar-refractivity contribution < 1.29 is 28.0 Å². The number of rotatable bonds is 12. The molecule has 1 atom stereocenters. The first-order valence-corrected chi connectivity index (χ1v) is 13.1. The standard InChI is InChI=1S/C29H32N4O6/c1-19-6-3-4-7-23(19)31-29-32-24-11-9-20(17-26(24)39-29)16-21(34)13-15-37-33-14-5-8-25(33)28-30-18-22(38-28)10-12-27(35)36-2/h3-4,6-7,9,11,17-18,25H,5,8,10,12-16H2,1-2H3,(H,31,32)/t25-/m0/s1. The van der Waals surface area contributed by atoms with Gasteiger partial charge in [-0.05, 0) is 49.1 Å². The highest BCUT2D eigenvalue weighted by atomic mass is 16.7. The summed E-state index contributed by atoms with van der Waals surface area (Å²) in [5.41, 5.74) is 4.25. The number of nitrogens with one attached hydrogen (secondary N) is 1. The van der Waals surface area contributed by atoms with Gasteiger partial charge in [-0.3, -0.25) is 14.4 Å². The van der Waals surface area contributed by atoms with Crippen molar-refractivity contribution in [2.45, 2.75) is 51.5 Å². The molecule has 0 spiro atoms. The predicted molar refractivity (Wildman–Crippen MR) is 143 cm³/mol. The van der Waals surface area contributed by atoms with Crippen LogP contribution in [0.3, 0.4) is 0 Å². The van der Waals surface area contributed by atoms with Crippen molar-refractivity contribution in [3.05, 3.63) is 71.4 Å². The van der Waals surface area contributed by atoms with Gasteiger partial charge in [-0.1, -0.05) is 24.3 Å². The highest BCUT2D eigenvalue weighted by Crippen LogP contribution is 2.32. The fourth-order valence-electron chi connectivity index (χ4n) is 4.61. The van der Waals surface area contributed by atoms with Gasteiger partial charge in [0.25, 0.3) is 6.01 Å². The van der Waals surface area contributed by atoms with Crippen molar-refractivity contribution in [3.8, 4) is 0 Å². The lowest BCUT2D eigenvalue weighted by molar-refractivity contribution is -0.176. The summed E-state index contributed by atoms with van der Waals surface area (Å²) in [4.78, 5) is 38.9. The number of Topliss-reactive ketones (excluding diaryl/α,β-unsaturated/α-hetero) is 1. The zero-order valence-corrected chi connectivity index (χ0v) is 22.1. The SMILES string of the molecule is COC(=O)CCc1cnc([C@@H]2CCCN2OCCC(=O)Cc2ccc3nc(Nc4ccccc4C)oc3c2)o1. The number of benzene rings is 2. The Morgan fingerprint density at radius 2 is 2.03 bits per heavy atom. The smallest absolute Gasteiger partial charge is 0.305 e. The molecule has 0 radical (unpaired) electrons. The zero-order valence-electron chi connectivity index (χ0n) is 22.1. The Balaban J connectivity index is 1.11. The molecule has 0 bridgehead atoms. The molecule has 0 aliphatic carbocycles. The maximum atomic E-state index is 12.7. The molecule has 1 N–H and O–H groups in total. The van der Waals surface area contributed by atoms with Crippen LogP contribution < -0.4 is 5.32 Å². The van der Waals surface area contributed by atoms with Gasteiger partial charge in [0, 0.05) is 31.5 Å². The van der Waals surface area contributed by atoms with Gasteiger partial charge in [0.05, 0.1) is 26.3 Å². The number of para-hydroxylation sites is 1. The molecule has 4 aromatic rings. The number of carbonyl (C=O) groups excluding carboxylic acids is 2. The number of hydrogen-bond donors (Lipinski definition) is 1.